The van der Waals surface area contributed by atoms with Gasteiger partial charge in [0.15, 0.2) is 0 Å². The van der Waals surface area contributed by atoms with Gasteiger partial charge in [-0.1, -0.05) is 19.3 Å². The third-order valence-electron chi connectivity index (χ3n) is 2.67. The Labute approximate surface area is 80.3 Å². The third kappa shape index (κ3) is 3.90. The van der Waals surface area contributed by atoms with E-state index in [-0.39, 0.29) is 11.7 Å². The van der Waals surface area contributed by atoms with Gasteiger partial charge in [-0.25, -0.2) is 0 Å². The molecule has 0 aromatic rings. The number of hydrogen-bond donors (Lipinski definition) is 1. The summed E-state index contributed by atoms with van der Waals surface area (Å²) in [4.78, 5) is 11.7. The average Bonchev–Trinajstić information content (AvgIpc) is 2.03. The number of ketones is 1. The zero-order valence-corrected chi connectivity index (χ0v) is 8.68. The molecule has 0 amide bonds. The highest BCUT2D eigenvalue weighted by Gasteiger charge is 2.25. The van der Waals surface area contributed by atoms with Gasteiger partial charge in [-0.2, -0.15) is 0 Å². The molecule has 1 rings (SSSR count). The molecule has 1 fully saturated rings. The van der Waals surface area contributed by atoms with Crippen LogP contribution >= 0.6 is 0 Å². The molecule has 0 unspecified atom stereocenters. The van der Waals surface area contributed by atoms with Crippen LogP contribution in [-0.2, 0) is 4.79 Å². The third-order valence-corrected chi connectivity index (χ3v) is 2.67. The quantitative estimate of drug-likeness (QED) is 0.730. The predicted molar refractivity (Wildman–Crippen MR) is 52.5 cm³/mol. The van der Waals surface area contributed by atoms with Gasteiger partial charge in [0.05, 0.1) is 5.60 Å². The molecule has 1 N–H and O–H groups in total. The van der Waals surface area contributed by atoms with Crippen molar-refractivity contribution in [2.75, 3.05) is 0 Å². The summed E-state index contributed by atoms with van der Waals surface area (Å²) < 4.78 is 0. The number of carbonyl (C=O) groups excluding carboxylic acids is 1. The predicted octanol–water partition coefficient (Wildman–Crippen LogP) is 2.30. The number of rotatable bonds is 3. The zero-order valence-electron chi connectivity index (χ0n) is 8.68. The van der Waals surface area contributed by atoms with Crippen LogP contribution in [-0.4, -0.2) is 16.5 Å². The lowest BCUT2D eigenvalue weighted by atomic mass is 9.83. The maximum atomic E-state index is 11.7. The molecule has 0 spiro atoms. The Morgan fingerprint density at radius 2 is 1.85 bits per heavy atom. The van der Waals surface area contributed by atoms with Gasteiger partial charge in [0.2, 0.25) is 0 Å². The Kier molecular flexibility index (Phi) is 3.48. The summed E-state index contributed by atoms with van der Waals surface area (Å²) in [7, 11) is 0. The minimum absolute atomic E-state index is 0.236. The average molecular weight is 184 g/mol. The van der Waals surface area contributed by atoms with E-state index >= 15 is 0 Å². The van der Waals surface area contributed by atoms with E-state index in [9.17, 15) is 9.90 Å². The molecule has 2 heteroatoms. The molecule has 13 heavy (non-hydrogen) atoms. The normalized spacial score (nSPS) is 20.2. The van der Waals surface area contributed by atoms with E-state index in [2.05, 4.69) is 0 Å². The maximum absolute atomic E-state index is 11.7. The summed E-state index contributed by atoms with van der Waals surface area (Å²) in [5.74, 6) is 0.493. The Balaban J connectivity index is 2.38. The van der Waals surface area contributed by atoms with Gasteiger partial charge in [-0.05, 0) is 26.7 Å². The van der Waals surface area contributed by atoms with E-state index in [1.165, 1.54) is 19.3 Å². The Bertz CT molecular complexity index is 173. The van der Waals surface area contributed by atoms with E-state index in [0.29, 0.717) is 6.42 Å². The lowest BCUT2D eigenvalue weighted by Gasteiger charge is -2.24. The van der Waals surface area contributed by atoms with Crippen molar-refractivity contribution in [3.63, 3.8) is 0 Å². The first-order valence-electron chi connectivity index (χ1n) is 5.24. The molecule has 0 aromatic heterocycles. The summed E-state index contributed by atoms with van der Waals surface area (Å²) in [6.07, 6.45) is 6.03. The summed E-state index contributed by atoms with van der Waals surface area (Å²) in [6.45, 7) is 3.40. The molecule has 76 valence electrons. The van der Waals surface area contributed by atoms with Crippen LogP contribution in [0.5, 0.6) is 0 Å². The van der Waals surface area contributed by atoms with E-state index < -0.39 is 5.60 Å². The SMILES string of the molecule is CC(C)(O)CC(=O)C1CCCCC1. The molecule has 0 radical (unpaired) electrons. The van der Waals surface area contributed by atoms with Gasteiger partial charge >= 0.3 is 0 Å². The van der Waals surface area contributed by atoms with Crippen LogP contribution < -0.4 is 0 Å². The molecular weight excluding hydrogens is 164 g/mol. The van der Waals surface area contributed by atoms with Gasteiger partial charge in [0.1, 0.15) is 5.78 Å². The van der Waals surface area contributed by atoms with Crippen molar-refractivity contribution in [1.82, 2.24) is 0 Å². The molecule has 0 aliphatic heterocycles. The second-order valence-electron chi connectivity index (χ2n) is 4.79. The first kappa shape index (κ1) is 10.7. The van der Waals surface area contributed by atoms with Gasteiger partial charge in [-0.15, -0.1) is 0 Å². The van der Waals surface area contributed by atoms with Crippen molar-refractivity contribution in [1.29, 1.82) is 0 Å². The number of carbonyl (C=O) groups is 1. The molecule has 0 saturated heterocycles. The molecule has 1 aliphatic carbocycles. The molecule has 0 atom stereocenters. The largest absolute Gasteiger partial charge is 0.390 e. The van der Waals surface area contributed by atoms with E-state index in [1.807, 2.05) is 0 Å². The number of hydrogen-bond acceptors (Lipinski definition) is 2. The van der Waals surface area contributed by atoms with Gasteiger partial charge in [0.25, 0.3) is 0 Å². The highest BCUT2D eigenvalue weighted by molar-refractivity contribution is 5.81. The Morgan fingerprint density at radius 3 is 2.31 bits per heavy atom. The summed E-state index contributed by atoms with van der Waals surface area (Å²) in [5, 5.41) is 9.50. The molecule has 0 heterocycles. The fourth-order valence-corrected chi connectivity index (χ4v) is 2.00. The Hall–Kier alpha value is -0.370. The van der Waals surface area contributed by atoms with Gasteiger partial charge in [0, 0.05) is 12.3 Å². The van der Waals surface area contributed by atoms with Crippen molar-refractivity contribution < 1.29 is 9.90 Å². The summed E-state index contributed by atoms with van der Waals surface area (Å²) in [6, 6.07) is 0. The first-order chi connectivity index (χ1) is 5.99. The topological polar surface area (TPSA) is 37.3 Å². The van der Waals surface area contributed by atoms with Gasteiger partial charge in [-0.3, -0.25) is 4.79 Å². The maximum Gasteiger partial charge on any atom is 0.138 e. The lowest BCUT2D eigenvalue weighted by Crippen LogP contribution is -2.28. The van der Waals surface area contributed by atoms with Gasteiger partial charge < -0.3 is 5.11 Å². The van der Waals surface area contributed by atoms with E-state index in [1.54, 1.807) is 13.8 Å². The second-order valence-corrected chi connectivity index (χ2v) is 4.79. The molecule has 2 nitrogen and oxygen atoms in total. The van der Waals surface area contributed by atoms with E-state index in [0.717, 1.165) is 12.8 Å². The molecule has 0 aromatic carbocycles. The lowest BCUT2D eigenvalue weighted by molar-refractivity contribution is -0.127. The van der Waals surface area contributed by atoms with Crippen LogP contribution in [0.3, 0.4) is 0 Å². The van der Waals surface area contributed by atoms with Crippen molar-refractivity contribution in [3.8, 4) is 0 Å². The summed E-state index contributed by atoms with van der Waals surface area (Å²) >= 11 is 0. The molecular formula is C11H20O2. The van der Waals surface area contributed by atoms with Crippen LogP contribution in [0.1, 0.15) is 52.4 Å². The van der Waals surface area contributed by atoms with Crippen LogP contribution in [0.2, 0.25) is 0 Å². The standard InChI is InChI=1S/C11H20O2/c1-11(2,13)8-10(12)9-6-4-3-5-7-9/h9,13H,3-8H2,1-2H3. The van der Waals surface area contributed by atoms with Crippen LogP contribution in [0, 0.1) is 5.92 Å². The van der Waals surface area contributed by atoms with Crippen molar-refractivity contribution in [2.24, 2.45) is 5.92 Å². The van der Waals surface area contributed by atoms with E-state index in [4.69, 9.17) is 0 Å². The highest BCUT2D eigenvalue weighted by Crippen LogP contribution is 2.26. The summed E-state index contributed by atoms with van der Waals surface area (Å²) in [5.41, 5.74) is -0.825. The van der Waals surface area contributed by atoms with Crippen LogP contribution in [0.15, 0.2) is 0 Å². The molecule has 1 aliphatic rings. The fraction of sp³-hybridized carbons (Fsp3) is 0.909. The molecule has 1 saturated carbocycles. The van der Waals surface area contributed by atoms with Crippen molar-refractivity contribution in [2.45, 2.75) is 58.0 Å². The van der Waals surface area contributed by atoms with Crippen molar-refractivity contribution >= 4 is 5.78 Å². The number of Topliss-reactive ketones (excluding diaryl/α,β-unsaturated/α-hetero) is 1. The monoisotopic (exact) mass is 184 g/mol. The molecule has 0 bridgehead atoms. The highest BCUT2D eigenvalue weighted by atomic mass is 16.3. The van der Waals surface area contributed by atoms with Crippen molar-refractivity contribution in [3.05, 3.63) is 0 Å². The second kappa shape index (κ2) is 4.23. The number of aliphatic hydroxyl groups is 1. The minimum atomic E-state index is -0.825. The van der Waals surface area contributed by atoms with Crippen LogP contribution in [0.4, 0.5) is 0 Å². The smallest absolute Gasteiger partial charge is 0.138 e. The Morgan fingerprint density at radius 1 is 1.31 bits per heavy atom. The fourth-order valence-electron chi connectivity index (χ4n) is 2.00. The minimum Gasteiger partial charge on any atom is -0.390 e. The zero-order chi connectivity index (χ0) is 9.90. The first-order valence-corrected chi connectivity index (χ1v) is 5.24. The van der Waals surface area contributed by atoms with Crippen LogP contribution in [0.25, 0.3) is 0 Å².